The Morgan fingerprint density at radius 2 is 2.00 bits per heavy atom. The van der Waals surface area contributed by atoms with Crippen LogP contribution in [0.2, 0.25) is 0 Å². The molecule has 3 N–H and O–H groups in total. The normalized spacial score (nSPS) is 23.1. The Bertz CT molecular complexity index is 456. The SMILES string of the molecule is O=C(NCC1CCC(O)CC1)c1ccc(F)cc1O. The van der Waals surface area contributed by atoms with Gasteiger partial charge in [-0.2, -0.15) is 0 Å². The van der Waals surface area contributed by atoms with Crippen molar-refractivity contribution in [3.63, 3.8) is 0 Å². The summed E-state index contributed by atoms with van der Waals surface area (Å²) < 4.78 is 12.8. The minimum atomic E-state index is -0.574. The molecule has 0 atom stereocenters. The lowest BCUT2D eigenvalue weighted by Crippen LogP contribution is -2.32. The standard InChI is InChI=1S/C14H18FNO3/c15-10-3-6-12(13(18)7-10)14(19)16-8-9-1-4-11(17)5-2-9/h3,6-7,9,11,17-18H,1-2,4-5,8H2,(H,16,19). The fraction of sp³-hybridized carbons (Fsp3) is 0.500. The van der Waals surface area contributed by atoms with Gasteiger partial charge in [0.1, 0.15) is 11.6 Å². The van der Waals surface area contributed by atoms with Crippen LogP contribution < -0.4 is 5.32 Å². The summed E-state index contributed by atoms with van der Waals surface area (Å²) in [6, 6.07) is 3.34. The summed E-state index contributed by atoms with van der Waals surface area (Å²) in [4.78, 5) is 11.8. The molecule has 5 heteroatoms. The second kappa shape index (κ2) is 6.02. The topological polar surface area (TPSA) is 69.6 Å². The summed E-state index contributed by atoms with van der Waals surface area (Å²) in [6.45, 7) is 0.516. The number of nitrogens with one attached hydrogen (secondary N) is 1. The molecule has 104 valence electrons. The number of halogens is 1. The largest absolute Gasteiger partial charge is 0.507 e. The molecule has 1 aliphatic carbocycles. The van der Waals surface area contributed by atoms with Crippen molar-refractivity contribution in [2.45, 2.75) is 31.8 Å². The number of benzene rings is 1. The highest BCUT2D eigenvalue weighted by molar-refractivity contribution is 5.96. The highest BCUT2D eigenvalue weighted by Gasteiger charge is 2.20. The van der Waals surface area contributed by atoms with Gasteiger partial charge in [0.2, 0.25) is 0 Å². The molecule has 1 amide bonds. The fourth-order valence-electron chi connectivity index (χ4n) is 2.38. The third-order valence-corrected chi connectivity index (χ3v) is 3.57. The Hall–Kier alpha value is -1.62. The summed E-state index contributed by atoms with van der Waals surface area (Å²) in [7, 11) is 0. The average molecular weight is 267 g/mol. The van der Waals surface area contributed by atoms with E-state index in [1.807, 2.05) is 0 Å². The van der Waals surface area contributed by atoms with Crippen LogP contribution in [0.25, 0.3) is 0 Å². The summed E-state index contributed by atoms with van der Waals surface area (Å²) >= 11 is 0. The number of phenolic OH excluding ortho intramolecular Hbond substituents is 1. The Balaban J connectivity index is 1.87. The smallest absolute Gasteiger partial charge is 0.255 e. The van der Waals surface area contributed by atoms with Gasteiger partial charge in [0.25, 0.3) is 5.91 Å². The van der Waals surface area contributed by atoms with Crippen molar-refractivity contribution < 1.29 is 19.4 Å². The number of hydrogen-bond acceptors (Lipinski definition) is 3. The van der Waals surface area contributed by atoms with Gasteiger partial charge in [0.05, 0.1) is 11.7 Å². The van der Waals surface area contributed by atoms with Crippen molar-refractivity contribution in [1.82, 2.24) is 5.32 Å². The maximum absolute atomic E-state index is 12.8. The van der Waals surface area contributed by atoms with Crippen LogP contribution in [-0.2, 0) is 0 Å². The summed E-state index contributed by atoms with van der Waals surface area (Å²) in [5.74, 6) is -0.967. The molecule has 0 aromatic heterocycles. The predicted molar refractivity (Wildman–Crippen MR) is 68.4 cm³/mol. The average Bonchev–Trinajstić information content (AvgIpc) is 2.37. The first-order valence-electron chi connectivity index (χ1n) is 6.51. The van der Waals surface area contributed by atoms with Crippen LogP contribution in [0.1, 0.15) is 36.0 Å². The molecule has 0 unspecified atom stereocenters. The highest BCUT2D eigenvalue weighted by Crippen LogP contribution is 2.24. The zero-order chi connectivity index (χ0) is 13.8. The zero-order valence-electron chi connectivity index (χ0n) is 10.6. The van der Waals surface area contributed by atoms with Crippen molar-refractivity contribution >= 4 is 5.91 Å². The molecule has 1 fully saturated rings. The third kappa shape index (κ3) is 3.67. The molecule has 1 aromatic carbocycles. The van der Waals surface area contributed by atoms with Gasteiger partial charge in [-0.25, -0.2) is 4.39 Å². The Morgan fingerprint density at radius 1 is 1.32 bits per heavy atom. The van der Waals surface area contributed by atoms with E-state index in [4.69, 9.17) is 0 Å². The van der Waals surface area contributed by atoms with Crippen LogP contribution in [0.15, 0.2) is 18.2 Å². The number of carbonyl (C=O) groups is 1. The molecule has 0 bridgehead atoms. The molecule has 19 heavy (non-hydrogen) atoms. The summed E-state index contributed by atoms with van der Waals surface area (Å²) in [5, 5.41) is 21.6. The first-order chi connectivity index (χ1) is 9.06. The van der Waals surface area contributed by atoms with E-state index in [0.29, 0.717) is 12.5 Å². The van der Waals surface area contributed by atoms with Gasteiger partial charge in [-0.1, -0.05) is 0 Å². The molecule has 1 saturated carbocycles. The first kappa shape index (κ1) is 13.8. The Kier molecular flexibility index (Phi) is 4.37. The van der Waals surface area contributed by atoms with Crippen LogP contribution in [-0.4, -0.2) is 28.8 Å². The lowest BCUT2D eigenvalue weighted by Gasteiger charge is -2.25. The number of carbonyl (C=O) groups excluding carboxylic acids is 1. The van der Waals surface area contributed by atoms with Gasteiger partial charge in [-0.3, -0.25) is 4.79 Å². The van der Waals surface area contributed by atoms with Gasteiger partial charge in [-0.15, -0.1) is 0 Å². The number of aliphatic hydroxyl groups is 1. The lowest BCUT2D eigenvalue weighted by molar-refractivity contribution is 0.0908. The quantitative estimate of drug-likeness (QED) is 0.782. The van der Waals surface area contributed by atoms with Crippen LogP contribution in [0.4, 0.5) is 4.39 Å². The van der Waals surface area contributed by atoms with Crippen molar-refractivity contribution in [1.29, 1.82) is 0 Å². The number of aliphatic hydroxyl groups excluding tert-OH is 1. The van der Waals surface area contributed by atoms with E-state index in [0.717, 1.165) is 37.8 Å². The van der Waals surface area contributed by atoms with Crippen LogP contribution in [0.3, 0.4) is 0 Å². The molecule has 0 heterocycles. The first-order valence-corrected chi connectivity index (χ1v) is 6.51. The molecular weight excluding hydrogens is 249 g/mol. The highest BCUT2D eigenvalue weighted by atomic mass is 19.1. The molecule has 1 aliphatic rings. The lowest BCUT2D eigenvalue weighted by atomic mass is 9.87. The minimum absolute atomic E-state index is 0.0808. The third-order valence-electron chi connectivity index (χ3n) is 3.57. The number of amides is 1. The van der Waals surface area contributed by atoms with E-state index in [-0.39, 0.29) is 17.4 Å². The molecule has 4 nitrogen and oxygen atoms in total. The van der Waals surface area contributed by atoms with E-state index < -0.39 is 11.7 Å². The molecule has 0 spiro atoms. The van der Waals surface area contributed by atoms with Crippen LogP contribution in [0, 0.1) is 11.7 Å². The van der Waals surface area contributed by atoms with E-state index in [1.165, 1.54) is 6.07 Å². The molecule has 1 aromatic rings. The number of aromatic hydroxyl groups is 1. The van der Waals surface area contributed by atoms with Crippen molar-refractivity contribution in [2.75, 3.05) is 6.54 Å². The molecule has 2 rings (SSSR count). The summed E-state index contributed by atoms with van der Waals surface area (Å²) in [5.41, 5.74) is 0.0808. The summed E-state index contributed by atoms with van der Waals surface area (Å²) in [6.07, 6.45) is 3.09. The molecule has 0 radical (unpaired) electrons. The molecule has 0 aliphatic heterocycles. The second-order valence-corrected chi connectivity index (χ2v) is 5.05. The van der Waals surface area contributed by atoms with Crippen molar-refractivity contribution in [3.8, 4) is 5.75 Å². The minimum Gasteiger partial charge on any atom is -0.507 e. The Labute approximate surface area is 111 Å². The van der Waals surface area contributed by atoms with Gasteiger partial charge >= 0.3 is 0 Å². The van der Waals surface area contributed by atoms with E-state index in [2.05, 4.69) is 5.32 Å². The van der Waals surface area contributed by atoms with Gasteiger partial charge in [0, 0.05) is 12.6 Å². The number of phenols is 1. The van der Waals surface area contributed by atoms with Gasteiger partial charge in [0.15, 0.2) is 0 Å². The zero-order valence-corrected chi connectivity index (χ0v) is 10.6. The predicted octanol–water partition coefficient (Wildman–Crippen LogP) is 1.81. The molecule has 0 saturated heterocycles. The van der Waals surface area contributed by atoms with Crippen LogP contribution in [0.5, 0.6) is 5.75 Å². The van der Waals surface area contributed by atoms with Crippen molar-refractivity contribution in [3.05, 3.63) is 29.6 Å². The van der Waals surface area contributed by atoms with Gasteiger partial charge in [-0.05, 0) is 43.7 Å². The van der Waals surface area contributed by atoms with E-state index in [9.17, 15) is 19.4 Å². The van der Waals surface area contributed by atoms with E-state index >= 15 is 0 Å². The molecular formula is C14H18FNO3. The second-order valence-electron chi connectivity index (χ2n) is 5.05. The Morgan fingerprint density at radius 3 is 2.63 bits per heavy atom. The maximum Gasteiger partial charge on any atom is 0.255 e. The monoisotopic (exact) mass is 267 g/mol. The fourth-order valence-corrected chi connectivity index (χ4v) is 2.38. The van der Waals surface area contributed by atoms with E-state index in [1.54, 1.807) is 0 Å². The van der Waals surface area contributed by atoms with Crippen molar-refractivity contribution in [2.24, 2.45) is 5.92 Å². The number of rotatable bonds is 3. The maximum atomic E-state index is 12.8. The number of hydrogen-bond donors (Lipinski definition) is 3. The van der Waals surface area contributed by atoms with Crippen LogP contribution >= 0.6 is 0 Å². The van der Waals surface area contributed by atoms with Gasteiger partial charge < -0.3 is 15.5 Å².